The van der Waals surface area contributed by atoms with Crippen molar-refractivity contribution in [3.63, 3.8) is 0 Å². The zero-order valence-corrected chi connectivity index (χ0v) is 22.7. The summed E-state index contributed by atoms with van der Waals surface area (Å²) in [4.78, 5) is 23.1. The lowest BCUT2D eigenvalue weighted by molar-refractivity contribution is -0.0593. The fourth-order valence-electron chi connectivity index (χ4n) is 5.46. The summed E-state index contributed by atoms with van der Waals surface area (Å²) in [5, 5.41) is 9.80. The van der Waals surface area contributed by atoms with Crippen molar-refractivity contribution in [1.29, 1.82) is 0 Å². The molecule has 6 rings (SSSR count). The molecule has 2 aromatic heterocycles. The van der Waals surface area contributed by atoms with Gasteiger partial charge in [0.1, 0.15) is 29.5 Å². The molecule has 0 radical (unpaired) electrons. The molecule has 4 aromatic rings. The van der Waals surface area contributed by atoms with Crippen LogP contribution in [0.3, 0.4) is 0 Å². The van der Waals surface area contributed by atoms with Gasteiger partial charge >= 0.3 is 5.97 Å². The van der Waals surface area contributed by atoms with E-state index in [0.29, 0.717) is 40.8 Å². The van der Waals surface area contributed by atoms with Gasteiger partial charge < -0.3 is 19.1 Å². The smallest absolute Gasteiger partial charge is 0.354 e. The van der Waals surface area contributed by atoms with Crippen LogP contribution in [0.25, 0.3) is 11.2 Å². The van der Waals surface area contributed by atoms with Crippen molar-refractivity contribution < 1.29 is 23.8 Å². The number of nitrogens with zero attached hydrogens (tertiary/aromatic N) is 4. The molecule has 0 spiro atoms. The van der Waals surface area contributed by atoms with E-state index in [-0.39, 0.29) is 24.2 Å². The molecule has 0 aliphatic carbocycles. The monoisotopic (exact) mass is 564 g/mol. The number of fused-ring (bicyclic) bond motifs is 1. The van der Waals surface area contributed by atoms with Crippen molar-refractivity contribution in [3.05, 3.63) is 88.1 Å². The summed E-state index contributed by atoms with van der Waals surface area (Å²) < 4.78 is 28.0. The van der Waals surface area contributed by atoms with Crippen LogP contribution in [0, 0.1) is 5.82 Å². The summed E-state index contributed by atoms with van der Waals surface area (Å²) in [5.41, 5.74) is 2.89. The molecule has 0 saturated carbocycles. The first-order valence-corrected chi connectivity index (χ1v) is 13.9. The van der Waals surface area contributed by atoms with Crippen LogP contribution < -0.4 is 4.74 Å². The highest BCUT2D eigenvalue weighted by Gasteiger charge is 2.27. The summed E-state index contributed by atoms with van der Waals surface area (Å²) in [7, 11) is 0. The van der Waals surface area contributed by atoms with Crippen LogP contribution in [0.2, 0.25) is 5.02 Å². The number of rotatable bonds is 9. The molecule has 0 bridgehead atoms. The van der Waals surface area contributed by atoms with Crippen LogP contribution in [0.15, 0.2) is 54.6 Å². The van der Waals surface area contributed by atoms with Crippen LogP contribution in [0.1, 0.15) is 52.6 Å². The zero-order valence-electron chi connectivity index (χ0n) is 21.9. The Bertz CT molecular complexity index is 1530. The van der Waals surface area contributed by atoms with E-state index in [0.717, 1.165) is 56.1 Å². The number of hydrogen-bond acceptors (Lipinski definition) is 6. The van der Waals surface area contributed by atoms with Crippen LogP contribution in [-0.2, 0) is 24.4 Å². The topological polar surface area (TPSA) is 89.7 Å². The molecule has 2 fully saturated rings. The van der Waals surface area contributed by atoms with Gasteiger partial charge in [0.2, 0.25) is 0 Å². The second-order valence-electron chi connectivity index (χ2n) is 10.4. The molecule has 2 aromatic carbocycles. The predicted octanol–water partition coefficient (Wildman–Crippen LogP) is 5.67. The summed E-state index contributed by atoms with van der Waals surface area (Å²) in [6.07, 6.45) is 2.96. The Labute approximate surface area is 236 Å². The van der Waals surface area contributed by atoms with Crippen LogP contribution in [0.5, 0.6) is 5.75 Å². The van der Waals surface area contributed by atoms with E-state index in [2.05, 4.69) is 16.0 Å². The predicted molar refractivity (Wildman–Crippen MR) is 148 cm³/mol. The van der Waals surface area contributed by atoms with Gasteiger partial charge in [-0.1, -0.05) is 35.9 Å². The summed E-state index contributed by atoms with van der Waals surface area (Å²) in [6, 6.07) is 15.8. The molecule has 0 amide bonds. The lowest BCUT2D eigenvalue weighted by Gasteiger charge is -2.33. The van der Waals surface area contributed by atoms with Gasteiger partial charge in [0, 0.05) is 17.2 Å². The summed E-state index contributed by atoms with van der Waals surface area (Å²) in [5.74, 6) is 0.540. The first-order chi connectivity index (χ1) is 19.4. The molecule has 0 unspecified atom stereocenters. The van der Waals surface area contributed by atoms with Crippen molar-refractivity contribution in [1.82, 2.24) is 19.4 Å². The molecule has 10 heteroatoms. The second-order valence-corrected chi connectivity index (χ2v) is 10.8. The average Bonchev–Trinajstić information content (AvgIpc) is 3.26. The highest BCUT2D eigenvalue weighted by Crippen LogP contribution is 2.35. The van der Waals surface area contributed by atoms with Crippen LogP contribution in [0.4, 0.5) is 4.39 Å². The number of aromatic nitrogens is 3. The van der Waals surface area contributed by atoms with Crippen LogP contribution >= 0.6 is 11.6 Å². The Morgan fingerprint density at radius 3 is 2.62 bits per heavy atom. The fourth-order valence-corrected chi connectivity index (χ4v) is 5.62. The second kappa shape index (κ2) is 11.5. The van der Waals surface area contributed by atoms with E-state index < -0.39 is 5.97 Å². The third kappa shape index (κ3) is 5.68. The molecule has 208 valence electrons. The third-order valence-electron chi connectivity index (χ3n) is 7.78. The van der Waals surface area contributed by atoms with Crippen molar-refractivity contribution >= 4 is 28.7 Å². The molecule has 40 heavy (non-hydrogen) atoms. The number of carbonyl (C=O) groups is 1. The van der Waals surface area contributed by atoms with Gasteiger partial charge in [-0.3, -0.25) is 4.90 Å². The zero-order chi connectivity index (χ0) is 27.6. The molecular formula is C30H30ClFN4O4. The largest absolute Gasteiger partial charge is 0.489 e. The first-order valence-electron chi connectivity index (χ1n) is 13.5. The van der Waals surface area contributed by atoms with Gasteiger partial charge in [0.25, 0.3) is 0 Å². The minimum atomic E-state index is -1.05. The molecule has 1 atom stereocenters. The lowest BCUT2D eigenvalue weighted by atomic mass is 9.89. The quantitative estimate of drug-likeness (QED) is 0.280. The fraction of sp³-hybridized carbons (Fsp3) is 0.367. The Hall–Kier alpha value is -3.53. The number of benzene rings is 2. The number of likely N-dealkylation sites (tertiary alicyclic amines) is 1. The highest BCUT2D eigenvalue weighted by molar-refractivity contribution is 6.30. The Kier molecular flexibility index (Phi) is 7.69. The number of ether oxygens (including phenoxy) is 2. The number of pyridine rings is 1. The van der Waals surface area contributed by atoms with E-state index in [1.165, 1.54) is 12.1 Å². The minimum Gasteiger partial charge on any atom is -0.489 e. The maximum Gasteiger partial charge on any atom is 0.354 e. The van der Waals surface area contributed by atoms with Gasteiger partial charge in [0.05, 0.1) is 19.2 Å². The molecule has 1 N–H and O–H groups in total. The van der Waals surface area contributed by atoms with Crippen molar-refractivity contribution in [2.45, 2.75) is 51.0 Å². The van der Waals surface area contributed by atoms with Gasteiger partial charge in [0.15, 0.2) is 11.3 Å². The number of halogens is 2. The van der Waals surface area contributed by atoms with Gasteiger partial charge in [-0.05, 0) is 74.2 Å². The molecule has 2 aliphatic rings. The molecular weight excluding hydrogens is 535 g/mol. The Balaban J connectivity index is 1.14. The number of carboxylic acids is 1. The van der Waals surface area contributed by atoms with E-state index in [9.17, 15) is 14.3 Å². The van der Waals surface area contributed by atoms with E-state index in [4.69, 9.17) is 26.1 Å². The van der Waals surface area contributed by atoms with Gasteiger partial charge in [-0.15, -0.1) is 0 Å². The number of para-hydroxylation sites is 1. The number of aromatic carboxylic acids is 1. The van der Waals surface area contributed by atoms with Crippen molar-refractivity contribution in [3.8, 4) is 5.75 Å². The number of imidazole rings is 1. The van der Waals surface area contributed by atoms with Gasteiger partial charge in [-0.25, -0.2) is 19.2 Å². The van der Waals surface area contributed by atoms with E-state index >= 15 is 0 Å². The maximum atomic E-state index is 14.3. The maximum absolute atomic E-state index is 14.3. The first kappa shape index (κ1) is 26.7. The number of hydrogen-bond donors (Lipinski definition) is 1. The molecule has 4 heterocycles. The van der Waals surface area contributed by atoms with E-state index in [1.54, 1.807) is 18.2 Å². The number of carboxylic acid groups (broad SMARTS) is 1. The molecule has 8 nitrogen and oxygen atoms in total. The Morgan fingerprint density at radius 2 is 1.90 bits per heavy atom. The highest BCUT2D eigenvalue weighted by atomic mass is 35.5. The summed E-state index contributed by atoms with van der Waals surface area (Å²) in [6.45, 7) is 3.89. The average molecular weight is 565 g/mol. The lowest BCUT2D eigenvalue weighted by Crippen LogP contribution is -2.35. The van der Waals surface area contributed by atoms with Crippen molar-refractivity contribution in [2.24, 2.45) is 0 Å². The SMILES string of the molecule is O=C(O)c1ccc2nc(CN3CCC(c4ccccc4OCc4ccc(Cl)cc4F)CC3)n(C[C@@H]3CCO3)c2n1. The normalized spacial score (nSPS) is 18.1. The molecule has 2 aliphatic heterocycles. The Morgan fingerprint density at radius 1 is 1.10 bits per heavy atom. The van der Waals surface area contributed by atoms with Gasteiger partial charge in [-0.2, -0.15) is 0 Å². The minimum absolute atomic E-state index is 0.00947. The third-order valence-corrected chi connectivity index (χ3v) is 8.01. The number of piperidine rings is 1. The standard InChI is InChI=1S/C30H30ClFN4O4/c31-21-6-5-20(24(32)15-21)18-40-27-4-2-1-3-23(27)19-9-12-35(13-10-19)17-28-33-25-7-8-26(30(37)38)34-29(25)36(28)16-22-11-14-39-22/h1-8,15,19,22H,9-14,16-18H2,(H,37,38)/t22-/m0/s1. The van der Waals surface area contributed by atoms with Crippen molar-refractivity contribution in [2.75, 3.05) is 19.7 Å². The van der Waals surface area contributed by atoms with Crippen LogP contribution in [-0.4, -0.2) is 56.3 Å². The van der Waals surface area contributed by atoms with E-state index in [1.807, 2.05) is 22.8 Å². The molecule has 2 saturated heterocycles. The summed E-state index contributed by atoms with van der Waals surface area (Å²) >= 11 is 5.88.